The quantitative estimate of drug-likeness (QED) is 0.569. The molecule has 0 aromatic heterocycles. The number of methoxy groups -OCH3 is 1. The van der Waals surface area contributed by atoms with Crippen molar-refractivity contribution in [3.05, 3.63) is 44.7 Å². The van der Waals surface area contributed by atoms with Crippen molar-refractivity contribution < 1.29 is 19.3 Å². The topological polar surface area (TPSA) is 82.1 Å². The van der Waals surface area contributed by atoms with Crippen LogP contribution in [0, 0.1) is 0 Å². The zero-order chi connectivity index (χ0) is 15.2. The van der Waals surface area contributed by atoms with Crippen molar-refractivity contribution in [1.82, 2.24) is 0 Å². The number of hydrogen-bond acceptors (Lipinski definition) is 6. The van der Waals surface area contributed by atoms with Crippen LogP contribution in [-0.2, 0) is 9.47 Å². The molecule has 6 heteroatoms. The molecule has 0 fully saturated rings. The van der Waals surface area contributed by atoms with Crippen molar-refractivity contribution in [2.45, 2.75) is 0 Å². The van der Waals surface area contributed by atoms with Gasteiger partial charge in [-0.1, -0.05) is 12.1 Å². The highest BCUT2D eigenvalue weighted by Crippen LogP contribution is 2.25. The highest BCUT2D eigenvalue weighted by atomic mass is 16.5. The fraction of sp³-hybridized carbons (Fsp3) is 0.333. The second-order valence-electron chi connectivity index (χ2n) is 4.36. The molecule has 0 amide bonds. The molecule has 2 rings (SSSR count). The lowest BCUT2D eigenvalue weighted by Gasteiger charge is -2.09. The van der Waals surface area contributed by atoms with Gasteiger partial charge in [0.25, 0.3) is 5.43 Å². The summed E-state index contributed by atoms with van der Waals surface area (Å²) in [4.78, 5) is 22.3. The molecule has 0 aliphatic rings. The SMILES string of the molecule is COCCOCCOc1ccc(-c2c(O)c(=O)c2=O)cc1. The van der Waals surface area contributed by atoms with Crippen LogP contribution in [0.25, 0.3) is 11.1 Å². The lowest BCUT2D eigenvalue weighted by atomic mass is 10.0. The Morgan fingerprint density at radius 2 is 1.62 bits per heavy atom. The van der Waals surface area contributed by atoms with Crippen LogP contribution in [-0.4, -0.2) is 38.6 Å². The summed E-state index contributed by atoms with van der Waals surface area (Å²) in [5.41, 5.74) is -0.929. The third-order valence-corrected chi connectivity index (χ3v) is 2.96. The first-order valence-electron chi connectivity index (χ1n) is 6.47. The summed E-state index contributed by atoms with van der Waals surface area (Å²) in [6, 6.07) is 6.58. The van der Waals surface area contributed by atoms with Crippen LogP contribution in [0.2, 0.25) is 0 Å². The Bertz CT molecular complexity index is 652. The Kier molecular flexibility index (Phi) is 5.08. The molecule has 0 saturated heterocycles. The molecule has 0 aliphatic carbocycles. The Balaban J connectivity index is 1.86. The molecule has 2 aromatic rings. The number of rotatable bonds is 8. The van der Waals surface area contributed by atoms with Crippen molar-refractivity contribution in [2.24, 2.45) is 0 Å². The number of hydrogen-bond donors (Lipinski definition) is 1. The smallest absolute Gasteiger partial charge is 0.268 e. The van der Waals surface area contributed by atoms with Crippen LogP contribution < -0.4 is 15.6 Å². The predicted molar refractivity (Wildman–Crippen MR) is 76.6 cm³/mol. The van der Waals surface area contributed by atoms with Crippen molar-refractivity contribution in [1.29, 1.82) is 0 Å². The minimum absolute atomic E-state index is 0.0643. The van der Waals surface area contributed by atoms with Gasteiger partial charge in [-0.05, 0) is 17.7 Å². The molecule has 0 heterocycles. The van der Waals surface area contributed by atoms with E-state index in [2.05, 4.69) is 0 Å². The van der Waals surface area contributed by atoms with Gasteiger partial charge in [-0.3, -0.25) is 9.59 Å². The van der Waals surface area contributed by atoms with E-state index in [4.69, 9.17) is 14.2 Å². The van der Waals surface area contributed by atoms with Gasteiger partial charge in [-0.15, -0.1) is 0 Å². The molecule has 0 atom stereocenters. The predicted octanol–water partition coefficient (Wildman–Crippen LogP) is 0.697. The summed E-state index contributed by atoms with van der Waals surface area (Å²) in [6.07, 6.45) is 0. The molecule has 2 aromatic carbocycles. The van der Waals surface area contributed by atoms with E-state index < -0.39 is 16.6 Å². The van der Waals surface area contributed by atoms with E-state index in [1.165, 1.54) is 0 Å². The lowest BCUT2D eigenvalue weighted by Crippen LogP contribution is -2.31. The maximum atomic E-state index is 11.3. The van der Waals surface area contributed by atoms with Gasteiger partial charge in [0.2, 0.25) is 5.43 Å². The van der Waals surface area contributed by atoms with Gasteiger partial charge in [0, 0.05) is 7.11 Å². The zero-order valence-corrected chi connectivity index (χ0v) is 11.6. The standard InChI is InChI=1S/C15H16O6/c1-19-6-7-20-8-9-21-11-4-2-10(3-5-11)12-13(16)15(18)14(12)17/h2-5,16H,6-9H2,1H3. The van der Waals surface area contributed by atoms with Crippen molar-refractivity contribution in [2.75, 3.05) is 33.5 Å². The van der Waals surface area contributed by atoms with Gasteiger partial charge >= 0.3 is 0 Å². The van der Waals surface area contributed by atoms with E-state index in [0.29, 0.717) is 37.7 Å². The van der Waals surface area contributed by atoms with Crippen LogP contribution >= 0.6 is 0 Å². The van der Waals surface area contributed by atoms with E-state index in [0.717, 1.165) is 0 Å². The van der Waals surface area contributed by atoms with Crippen LogP contribution in [0.1, 0.15) is 0 Å². The van der Waals surface area contributed by atoms with Gasteiger partial charge in [0.1, 0.15) is 12.4 Å². The van der Waals surface area contributed by atoms with E-state index in [-0.39, 0.29) is 5.56 Å². The van der Waals surface area contributed by atoms with Crippen LogP contribution in [0.4, 0.5) is 0 Å². The average Bonchev–Trinajstić information content (AvgIpc) is 2.52. The molecular formula is C15H16O6. The molecule has 6 nitrogen and oxygen atoms in total. The highest BCUT2D eigenvalue weighted by Gasteiger charge is 2.21. The first-order chi connectivity index (χ1) is 10.1. The summed E-state index contributed by atoms with van der Waals surface area (Å²) < 4.78 is 15.5. The lowest BCUT2D eigenvalue weighted by molar-refractivity contribution is 0.0544. The Hall–Kier alpha value is -2.18. The van der Waals surface area contributed by atoms with Gasteiger partial charge in [-0.25, -0.2) is 0 Å². The Morgan fingerprint density at radius 3 is 2.24 bits per heavy atom. The third kappa shape index (κ3) is 3.48. The van der Waals surface area contributed by atoms with Gasteiger partial charge in [0.15, 0.2) is 5.75 Å². The molecular weight excluding hydrogens is 276 g/mol. The average molecular weight is 292 g/mol. The van der Waals surface area contributed by atoms with Gasteiger partial charge in [-0.2, -0.15) is 0 Å². The summed E-state index contributed by atoms with van der Waals surface area (Å²) in [6.45, 7) is 1.90. The van der Waals surface area contributed by atoms with E-state index >= 15 is 0 Å². The molecule has 0 spiro atoms. The zero-order valence-electron chi connectivity index (χ0n) is 11.6. The summed E-state index contributed by atoms with van der Waals surface area (Å²) in [5.74, 6) is 0.146. The first kappa shape index (κ1) is 15.2. The maximum Gasteiger partial charge on any atom is 0.268 e. The van der Waals surface area contributed by atoms with Crippen molar-refractivity contribution in [3.8, 4) is 22.6 Å². The van der Waals surface area contributed by atoms with Gasteiger partial charge in [0.05, 0.1) is 25.4 Å². The first-order valence-corrected chi connectivity index (χ1v) is 6.47. The second-order valence-corrected chi connectivity index (χ2v) is 4.36. The van der Waals surface area contributed by atoms with E-state index in [9.17, 15) is 14.7 Å². The summed E-state index contributed by atoms with van der Waals surface area (Å²) in [5, 5.41) is 9.36. The van der Waals surface area contributed by atoms with Crippen LogP contribution in [0.5, 0.6) is 11.5 Å². The van der Waals surface area contributed by atoms with E-state index in [1.807, 2.05) is 0 Å². The molecule has 0 aliphatic heterocycles. The molecule has 0 unspecified atom stereocenters. The fourth-order valence-corrected chi connectivity index (χ4v) is 1.83. The molecule has 112 valence electrons. The van der Waals surface area contributed by atoms with Crippen LogP contribution in [0.15, 0.2) is 33.9 Å². The minimum atomic E-state index is -0.835. The molecule has 21 heavy (non-hydrogen) atoms. The number of ether oxygens (including phenoxy) is 3. The largest absolute Gasteiger partial charge is 0.503 e. The Labute approximate surface area is 121 Å². The maximum absolute atomic E-state index is 11.3. The third-order valence-electron chi connectivity index (χ3n) is 2.96. The number of benzene rings is 1. The monoisotopic (exact) mass is 292 g/mol. The Morgan fingerprint density at radius 1 is 0.952 bits per heavy atom. The van der Waals surface area contributed by atoms with E-state index in [1.54, 1.807) is 31.4 Å². The highest BCUT2D eigenvalue weighted by molar-refractivity contribution is 5.73. The normalized spacial score (nSPS) is 10.9. The van der Waals surface area contributed by atoms with Crippen molar-refractivity contribution >= 4 is 0 Å². The molecule has 0 bridgehead atoms. The number of aromatic hydroxyl groups is 1. The summed E-state index contributed by atoms with van der Waals surface area (Å²) in [7, 11) is 1.61. The second kappa shape index (κ2) is 7.01. The summed E-state index contributed by atoms with van der Waals surface area (Å²) >= 11 is 0. The van der Waals surface area contributed by atoms with Crippen molar-refractivity contribution in [3.63, 3.8) is 0 Å². The van der Waals surface area contributed by atoms with Crippen LogP contribution in [0.3, 0.4) is 0 Å². The molecule has 0 radical (unpaired) electrons. The fourth-order valence-electron chi connectivity index (χ4n) is 1.83. The minimum Gasteiger partial charge on any atom is -0.503 e. The molecule has 1 N–H and O–H groups in total. The molecule has 0 saturated carbocycles. The van der Waals surface area contributed by atoms with Gasteiger partial charge < -0.3 is 19.3 Å².